The molecule has 4 aliphatic rings. The molecule has 0 radical (unpaired) electrons. The van der Waals surface area contributed by atoms with Crippen molar-refractivity contribution in [1.29, 1.82) is 0 Å². The minimum atomic E-state index is -1.60. The molecule has 2 aliphatic heterocycles. The van der Waals surface area contributed by atoms with Crippen molar-refractivity contribution in [2.75, 3.05) is 6.61 Å². The van der Waals surface area contributed by atoms with Gasteiger partial charge >= 0.3 is 11.9 Å². The first-order chi connectivity index (χ1) is 19.9. The molecule has 3 fully saturated rings. The molecule has 0 bridgehead atoms. The lowest BCUT2D eigenvalue weighted by molar-refractivity contribution is -0.292. The van der Waals surface area contributed by atoms with Crippen molar-refractivity contribution in [3.05, 3.63) is 65.5 Å². The summed E-state index contributed by atoms with van der Waals surface area (Å²) in [5.41, 5.74) is 2.12. The van der Waals surface area contributed by atoms with E-state index in [1.165, 1.54) is 12.1 Å². The van der Waals surface area contributed by atoms with Gasteiger partial charge in [0.25, 0.3) is 0 Å². The standard InChI is InChI=1S/C30H36O12/c1-12-8-20(39-29(38)18(33)9-15-4-6-16(32)7-5-15)23-14(3)28(37)42-27(23)22-13(2)19(10-17(12)22)40-30-26(36)25(35)24(34)21(11-31)41-30/h4-7,17-18,20-27,30-36H,1,3,8-11H2,2H3/t17-,18+,20+,21+,22-,23+,24+,25-,26-,27+,30+/m0/s1. The van der Waals surface area contributed by atoms with Gasteiger partial charge < -0.3 is 49.6 Å². The Kier molecular flexibility index (Phi) is 8.48. The van der Waals surface area contributed by atoms with Crippen molar-refractivity contribution >= 4 is 11.9 Å². The lowest BCUT2D eigenvalue weighted by atomic mass is 9.80. The van der Waals surface area contributed by atoms with Gasteiger partial charge in [0.15, 0.2) is 6.10 Å². The molecule has 2 heterocycles. The van der Waals surface area contributed by atoms with Crippen LogP contribution in [0.15, 0.2) is 59.9 Å². The van der Waals surface area contributed by atoms with E-state index in [0.29, 0.717) is 22.5 Å². The van der Waals surface area contributed by atoms with Gasteiger partial charge in [-0.25, -0.2) is 9.59 Å². The highest BCUT2D eigenvalue weighted by Crippen LogP contribution is 2.53. The lowest BCUT2D eigenvalue weighted by Gasteiger charge is -2.40. The fourth-order valence-electron chi connectivity index (χ4n) is 6.45. The van der Waals surface area contributed by atoms with Crippen LogP contribution < -0.4 is 0 Å². The molecule has 1 saturated carbocycles. The molecule has 0 spiro atoms. The molecule has 11 atom stereocenters. The number of ether oxygens (including phenoxy) is 4. The fraction of sp³-hybridized carbons (Fsp3) is 0.533. The Morgan fingerprint density at radius 1 is 1.07 bits per heavy atom. The number of benzene rings is 1. The van der Waals surface area contributed by atoms with E-state index < -0.39 is 79.4 Å². The minimum absolute atomic E-state index is 0.0387. The highest BCUT2D eigenvalue weighted by molar-refractivity contribution is 5.91. The first kappa shape index (κ1) is 30.2. The van der Waals surface area contributed by atoms with Gasteiger partial charge in [-0.3, -0.25) is 0 Å². The van der Waals surface area contributed by atoms with Crippen LogP contribution in [0.2, 0.25) is 0 Å². The van der Waals surface area contributed by atoms with Gasteiger partial charge in [-0.2, -0.15) is 0 Å². The second-order valence-electron chi connectivity index (χ2n) is 11.4. The van der Waals surface area contributed by atoms with Gasteiger partial charge in [-0.05, 0) is 36.1 Å². The number of aliphatic hydroxyl groups is 5. The summed E-state index contributed by atoms with van der Waals surface area (Å²) >= 11 is 0. The van der Waals surface area contributed by atoms with Crippen LogP contribution in [0, 0.1) is 17.8 Å². The second kappa shape index (κ2) is 11.8. The number of phenolic OH excluding ortho intramolecular Hbond substituents is 1. The topological polar surface area (TPSA) is 192 Å². The largest absolute Gasteiger partial charge is 0.508 e. The first-order valence-corrected chi connectivity index (χ1v) is 13.8. The maximum Gasteiger partial charge on any atom is 0.335 e. The molecule has 5 rings (SSSR count). The number of fused-ring (bicyclic) bond motifs is 3. The number of allylic oxidation sites excluding steroid dienone is 1. The Labute approximate surface area is 242 Å². The summed E-state index contributed by atoms with van der Waals surface area (Å²) in [6.07, 6.45) is -9.98. The molecule has 42 heavy (non-hydrogen) atoms. The Bertz CT molecular complexity index is 1270. The van der Waals surface area contributed by atoms with Crippen LogP contribution >= 0.6 is 0 Å². The molecule has 12 nitrogen and oxygen atoms in total. The van der Waals surface area contributed by atoms with E-state index in [4.69, 9.17) is 18.9 Å². The maximum atomic E-state index is 13.0. The molecule has 0 amide bonds. The predicted octanol–water partition coefficient (Wildman–Crippen LogP) is -0.00830. The van der Waals surface area contributed by atoms with Gasteiger partial charge in [0, 0.05) is 30.8 Å². The van der Waals surface area contributed by atoms with Crippen molar-refractivity contribution in [3.63, 3.8) is 0 Å². The molecule has 228 valence electrons. The summed E-state index contributed by atoms with van der Waals surface area (Å²) in [7, 11) is 0. The molecule has 2 saturated heterocycles. The number of aromatic hydroxyl groups is 1. The number of hydrogen-bond donors (Lipinski definition) is 6. The summed E-state index contributed by atoms with van der Waals surface area (Å²) in [4.78, 5) is 25.7. The number of carbonyl (C=O) groups excluding carboxylic acids is 2. The van der Waals surface area contributed by atoms with Crippen molar-refractivity contribution in [2.45, 2.75) is 75.2 Å². The molecule has 2 aliphatic carbocycles. The SMILES string of the molecule is C=C1C(=O)O[C@@H]2[C@H]3C(C)=C(O[C@@H]4O[C@H](CO)[C@@H](O)[C@H](O)[C@@H]4O)C[C@H]3C(=C)C[C@@H](OC(=O)[C@H](O)Cc3ccc(O)cc3)[C@@H]12. The lowest BCUT2D eigenvalue weighted by Crippen LogP contribution is -2.59. The van der Waals surface area contributed by atoms with Crippen LogP contribution in [-0.2, 0) is 35.0 Å². The van der Waals surface area contributed by atoms with Crippen molar-refractivity contribution < 1.29 is 59.2 Å². The third kappa shape index (κ3) is 5.46. The van der Waals surface area contributed by atoms with Gasteiger partial charge in [-0.15, -0.1) is 0 Å². The Balaban J connectivity index is 1.35. The summed E-state index contributed by atoms with van der Waals surface area (Å²) in [6.45, 7) is 9.30. The van der Waals surface area contributed by atoms with E-state index in [0.717, 1.165) is 0 Å². The fourth-order valence-corrected chi connectivity index (χ4v) is 6.45. The Hall–Kier alpha value is -3.26. The third-order valence-electron chi connectivity index (χ3n) is 8.79. The normalized spacial score (nSPS) is 37.0. The van der Waals surface area contributed by atoms with Crippen molar-refractivity contribution in [3.8, 4) is 5.75 Å². The van der Waals surface area contributed by atoms with Gasteiger partial charge in [0.1, 0.15) is 42.4 Å². The molecule has 12 heteroatoms. The van der Waals surface area contributed by atoms with Crippen molar-refractivity contribution in [1.82, 2.24) is 0 Å². The van der Waals surface area contributed by atoms with E-state index >= 15 is 0 Å². The molecule has 6 N–H and O–H groups in total. The van der Waals surface area contributed by atoms with E-state index in [-0.39, 0.29) is 36.5 Å². The first-order valence-electron chi connectivity index (χ1n) is 13.8. The van der Waals surface area contributed by atoms with E-state index in [9.17, 15) is 40.2 Å². The van der Waals surface area contributed by atoms with E-state index in [1.807, 2.05) is 0 Å². The summed E-state index contributed by atoms with van der Waals surface area (Å²) < 4.78 is 23.0. The van der Waals surface area contributed by atoms with E-state index in [2.05, 4.69) is 13.2 Å². The smallest absolute Gasteiger partial charge is 0.335 e. The van der Waals surface area contributed by atoms with Gasteiger partial charge in [0.2, 0.25) is 6.29 Å². The number of hydrogen-bond acceptors (Lipinski definition) is 12. The van der Waals surface area contributed by atoms with Crippen LogP contribution in [0.4, 0.5) is 0 Å². The number of phenols is 1. The summed E-state index contributed by atoms with van der Waals surface area (Å²) in [5, 5.41) is 60.3. The maximum absolute atomic E-state index is 13.0. The predicted molar refractivity (Wildman–Crippen MR) is 143 cm³/mol. The van der Waals surface area contributed by atoms with Crippen LogP contribution in [0.3, 0.4) is 0 Å². The van der Waals surface area contributed by atoms with Crippen LogP contribution in [0.1, 0.15) is 25.3 Å². The number of esters is 2. The third-order valence-corrected chi connectivity index (χ3v) is 8.79. The highest BCUT2D eigenvalue weighted by atomic mass is 16.7. The molecule has 0 aromatic heterocycles. The van der Waals surface area contributed by atoms with Crippen LogP contribution in [-0.4, -0.2) is 98.2 Å². The minimum Gasteiger partial charge on any atom is -0.508 e. The van der Waals surface area contributed by atoms with Crippen molar-refractivity contribution in [2.24, 2.45) is 17.8 Å². The Morgan fingerprint density at radius 2 is 1.76 bits per heavy atom. The second-order valence-corrected chi connectivity index (χ2v) is 11.4. The summed E-state index contributed by atoms with van der Waals surface area (Å²) in [6, 6.07) is 6.06. The highest BCUT2D eigenvalue weighted by Gasteiger charge is 2.56. The molecule has 0 unspecified atom stereocenters. The van der Waals surface area contributed by atoms with Crippen LogP contribution in [0.5, 0.6) is 5.75 Å². The zero-order chi connectivity index (χ0) is 30.5. The van der Waals surface area contributed by atoms with Crippen LogP contribution in [0.25, 0.3) is 0 Å². The number of aliphatic hydroxyl groups excluding tert-OH is 5. The monoisotopic (exact) mass is 588 g/mol. The quantitative estimate of drug-likeness (QED) is 0.142. The number of carbonyl (C=O) groups is 2. The molecular weight excluding hydrogens is 552 g/mol. The van der Waals surface area contributed by atoms with Gasteiger partial charge in [0.05, 0.1) is 18.3 Å². The zero-order valence-corrected chi connectivity index (χ0v) is 23.0. The summed E-state index contributed by atoms with van der Waals surface area (Å²) in [5.74, 6) is -2.49. The number of rotatable bonds is 7. The van der Waals surface area contributed by atoms with Gasteiger partial charge in [-0.1, -0.05) is 30.9 Å². The van der Waals surface area contributed by atoms with E-state index in [1.54, 1.807) is 19.1 Å². The average molecular weight is 589 g/mol. The average Bonchev–Trinajstić information content (AvgIpc) is 3.40. The molecule has 1 aromatic rings. The Morgan fingerprint density at radius 3 is 2.43 bits per heavy atom. The molecule has 1 aromatic carbocycles. The zero-order valence-electron chi connectivity index (χ0n) is 23.0. The molecular formula is C30H36O12.